The number of carbonyl (C=O) groups excluding carboxylic acids is 2. The van der Waals surface area contributed by atoms with Gasteiger partial charge in [0.2, 0.25) is 5.91 Å². The molecule has 2 amide bonds. The molecule has 1 N–H and O–H groups in total. The molecule has 1 aliphatic heterocycles. The number of benzene rings is 2. The largest absolute Gasteiger partial charge is 0.339 e. The van der Waals surface area contributed by atoms with Gasteiger partial charge in [-0.25, -0.2) is 4.79 Å². The van der Waals surface area contributed by atoms with E-state index in [4.69, 9.17) is 0 Å². The molecule has 38 heavy (non-hydrogen) atoms. The molecule has 2 aliphatic rings. The van der Waals surface area contributed by atoms with Crippen LogP contribution in [0.2, 0.25) is 0 Å². The molecule has 3 aromatic rings. The van der Waals surface area contributed by atoms with E-state index in [-0.39, 0.29) is 40.9 Å². The van der Waals surface area contributed by atoms with Gasteiger partial charge >= 0.3 is 5.69 Å². The van der Waals surface area contributed by atoms with Crippen molar-refractivity contribution in [3.05, 3.63) is 84.5 Å². The standard InChI is InChI=1S/C27H29N5O6/c33-24-22-16-21(32(37)38)9-10-23(22)31(27(36)28-24)17-18-5-4-8-20(15-18)26(35)30-13-11-29(12-14-30)25(34)19-6-2-1-3-7-19/h4-5,8-10,15-16,19H,1-3,6-7,11-14,17H2,(H,28,33,36). The van der Waals surface area contributed by atoms with E-state index in [1.54, 1.807) is 29.2 Å². The number of hydrogen-bond acceptors (Lipinski definition) is 6. The van der Waals surface area contributed by atoms with E-state index in [1.807, 2.05) is 4.90 Å². The van der Waals surface area contributed by atoms with Gasteiger partial charge in [-0.15, -0.1) is 0 Å². The fraction of sp³-hybridized carbons (Fsp3) is 0.407. The number of nitro benzene ring substituents is 1. The molecule has 0 spiro atoms. The average molecular weight is 520 g/mol. The van der Waals surface area contributed by atoms with Crippen LogP contribution >= 0.6 is 0 Å². The van der Waals surface area contributed by atoms with Crippen molar-refractivity contribution in [2.45, 2.75) is 38.6 Å². The van der Waals surface area contributed by atoms with Crippen molar-refractivity contribution in [3.63, 3.8) is 0 Å². The summed E-state index contributed by atoms with van der Waals surface area (Å²) in [5.74, 6) is 0.176. The first-order valence-corrected chi connectivity index (χ1v) is 12.9. The van der Waals surface area contributed by atoms with Gasteiger partial charge in [-0.2, -0.15) is 0 Å². The number of rotatable bonds is 5. The van der Waals surface area contributed by atoms with E-state index in [0.717, 1.165) is 31.7 Å². The predicted molar refractivity (Wildman–Crippen MR) is 140 cm³/mol. The Balaban J connectivity index is 1.31. The number of amides is 2. The number of carbonyl (C=O) groups is 2. The van der Waals surface area contributed by atoms with Crippen molar-refractivity contribution >= 4 is 28.4 Å². The molecule has 2 heterocycles. The summed E-state index contributed by atoms with van der Waals surface area (Å²) in [5.41, 5.74) is -0.203. The van der Waals surface area contributed by atoms with E-state index in [2.05, 4.69) is 4.98 Å². The van der Waals surface area contributed by atoms with Gasteiger partial charge in [-0.05, 0) is 36.6 Å². The normalized spacial score (nSPS) is 16.5. The van der Waals surface area contributed by atoms with E-state index in [0.29, 0.717) is 37.3 Å². The number of nitrogens with zero attached hydrogens (tertiary/aromatic N) is 4. The van der Waals surface area contributed by atoms with Crippen molar-refractivity contribution in [1.29, 1.82) is 0 Å². The molecule has 5 rings (SSSR count). The van der Waals surface area contributed by atoms with Crippen molar-refractivity contribution < 1.29 is 14.5 Å². The molecule has 2 aromatic carbocycles. The summed E-state index contributed by atoms with van der Waals surface area (Å²) < 4.78 is 1.32. The van der Waals surface area contributed by atoms with Crippen LogP contribution in [0, 0.1) is 16.0 Å². The maximum absolute atomic E-state index is 13.3. The number of piperazine rings is 1. The molecule has 0 radical (unpaired) electrons. The van der Waals surface area contributed by atoms with Gasteiger partial charge in [-0.3, -0.25) is 34.0 Å². The maximum atomic E-state index is 13.3. The van der Waals surface area contributed by atoms with Gasteiger partial charge in [0.25, 0.3) is 17.2 Å². The third-order valence-corrected chi connectivity index (χ3v) is 7.54. The molecule has 11 nitrogen and oxygen atoms in total. The Bertz CT molecular complexity index is 1510. The van der Waals surface area contributed by atoms with Crippen LogP contribution in [0.15, 0.2) is 52.1 Å². The highest BCUT2D eigenvalue weighted by molar-refractivity contribution is 5.94. The second-order valence-electron chi connectivity index (χ2n) is 9.96. The lowest BCUT2D eigenvalue weighted by molar-refractivity contribution is -0.384. The highest BCUT2D eigenvalue weighted by Crippen LogP contribution is 2.26. The summed E-state index contributed by atoms with van der Waals surface area (Å²) in [5, 5.41) is 11.2. The lowest BCUT2D eigenvalue weighted by Gasteiger charge is -2.37. The van der Waals surface area contributed by atoms with Crippen LogP contribution in [0.3, 0.4) is 0 Å². The SMILES string of the molecule is O=C(c1cccc(Cn2c(=O)[nH]c(=O)c3cc([N+](=O)[O-])ccc32)c1)N1CCN(C(=O)C2CCCCC2)CC1. The van der Waals surface area contributed by atoms with Gasteiger partial charge in [0.05, 0.1) is 22.4 Å². The number of hydrogen-bond donors (Lipinski definition) is 1. The summed E-state index contributed by atoms with van der Waals surface area (Å²) in [7, 11) is 0. The zero-order chi connectivity index (χ0) is 26.8. The zero-order valence-electron chi connectivity index (χ0n) is 20.9. The Labute approximate surface area is 217 Å². The molecule has 2 fully saturated rings. The minimum atomic E-state index is -0.699. The molecular formula is C27H29N5O6. The van der Waals surface area contributed by atoms with Gasteiger partial charge in [0.1, 0.15) is 0 Å². The van der Waals surface area contributed by atoms with Crippen LogP contribution in [0.25, 0.3) is 10.9 Å². The van der Waals surface area contributed by atoms with Crippen LogP contribution < -0.4 is 11.2 Å². The molecule has 1 aliphatic carbocycles. The zero-order valence-corrected chi connectivity index (χ0v) is 20.9. The Morgan fingerprint density at radius 2 is 1.66 bits per heavy atom. The van der Waals surface area contributed by atoms with Gasteiger partial charge < -0.3 is 9.80 Å². The summed E-state index contributed by atoms with van der Waals surface area (Å²) in [6.45, 7) is 2.03. The Kier molecular flexibility index (Phi) is 7.08. The van der Waals surface area contributed by atoms with Crippen molar-refractivity contribution in [3.8, 4) is 0 Å². The lowest BCUT2D eigenvalue weighted by atomic mass is 9.88. The summed E-state index contributed by atoms with van der Waals surface area (Å²) in [6, 6.07) is 10.7. The minimum Gasteiger partial charge on any atom is -0.339 e. The topological polar surface area (TPSA) is 139 Å². The molecule has 0 bridgehead atoms. The second kappa shape index (κ2) is 10.6. The third kappa shape index (κ3) is 5.09. The number of nitro groups is 1. The van der Waals surface area contributed by atoms with Crippen LogP contribution in [0.5, 0.6) is 0 Å². The first-order chi connectivity index (χ1) is 18.3. The first-order valence-electron chi connectivity index (χ1n) is 12.9. The second-order valence-corrected chi connectivity index (χ2v) is 9.96. The van der Waals surface area contributed by atoms with Crippen molar-refractivity contribution in [1.82, 2.24) is 19.4 Å². The summed E-state index contributed by atoms with van der Waals surface area (Å²) in [6.07, 6.45) is 5.31. The monoisotopic (exact) mass is 519 g/mol. The highest BCUT2D eigenvalue weighted by atomic mass is 16.6. The van der Waals surface area contributed by atoms with E-state index >= 15 is 0 Å². The fourth-order valence-corrected chi connectivity index (χ4v) is 5.46. The maximum Gasteiger partial charge on any atom is 0.329 e. The molecule has 1 aromatic heterocycles. The van der Waals surface area contributed by atoms with Gasteiger partial charge in [-0.1, -0.05) is 31.4 Å². The average Bonchev–Trinajstić information content (AvgIpc) is 2.95. The number of nitrogens with one attached hydrogen (secondary N) is 1. The van der Waals surface area contributed by atoms with Crippen molar-refractivity contribution in [2.75, 3.05) is 26.2 Å². The molecule has 0 atom stereocenters. The van der Waals surface area contributed by atoms with Gasteiger partial charge in [0.15, 0.2) is 0 Å². The Morgan fingerprint density at radius 1 is 0.947 bits per heavy atom. The van der Waals surface area contributed by atoms with Crippen LogP contribution in [-0.2, 0) is 11.3 Å². The lowest BCUT2D eigenvalue weighted by Crippen LogP contribution is -2.52. The fourth-order valence-electron chi connectivity index (χ4n) is 5.46. The van der Waals surface area contributed by atoms with E-state index in [9.17, 15) is 29.3 Å². The molecule has 11 heteroatoms. The first kappa shape index (κ1) is 25.4. The van der Waals surface area contributed by atoms with Crippen LogP contribution in [0.1, 0.15) is 48.0 Å². The highest BCUT2D eigenvalue weighted by Gasteiger charge is 2.30. The summed E-state index contributed by atoms with van der Waals surface area (Å²) in [4.78, 5) is 67.4. The van der Waals surface area contributed by atoms with Crippen LogP contribution in [-0.4, -0.2) is 62.3 Å². The third-order valence-electron chi connectivity index (χ3n) is 7.54. The number of non-ortho nitro benzene ring substituents is 1. The predicted octanol–water partition coefficient (Wildman–Crippen LogP) is 2.51. The van der Waals surface area contributed by atoms with Crippen molar-refractivity contribution in [2.24, 2.45) is 5.92 Å². The quantitative estimate of drug-likeness (QED) is 0.406. The Hall–Kier alpha value is -4.28. The van der Waals surface area contributed by atoms with Crippen LogP contribution in [0.4, 0.5) is 5.69 Å². The molecule has 198 valence electrons. The molecular weight excluding hydrogens is 490 g/mol. The van der Waals surface area contributed by atoms with E-state index < -0.39 is 16.2 Å². The number of aromatic amines is 1. The number of aromatic nitrogens is 2. The Morgan fingerprint density at radius 3 is 2.37 bits per heavy atom. The van der Waals surface area contributed by atoms with Gasteiger partial charge in [0, 0.05) is 49.8 Å². The summed E-state index contributed by atoms with van der Waals surface area (Å²) >= 11 is 0. The van der Waals surface area contributed by atoms with E-state index in [1.165, 1.54) is 23.1 Å². The smallest absolute Gasteiger partial charge is 0.329 e. The molecule has 0 unspecified atom stereocenters. The molecule has 1 saturated carbocycles. The minimum absolute atomic E-state index is 0.0340. The number of fused-ring (bicyclic) bond motifs is 1. The molecule has 1 saturated heterocycles. The number of H-pyrrole nitrogens is 1.